The quantitative estimate of drug-likeness (QED) is 0.223. The predicted molar refractivity (Wildman–Crippen MR) is 136 cm³/mol. The molecular weight excluding hydrogens is 543 g/mol. The molecule has 5 aromatic rings. The van der Waals surface area contributed by atoms with Gasteiger partial charge in [-0.2, -0.15) is 4.57 Å². The number of H-pyrrole nitrogens is 1. The van der Waals surface area contributed by atoms with Crippen molar-refractivity contribution in [3.05, 3.63) is 82.8 Å². The average molecular weight is 560 g/mol. The summed E-state index contributed by atoms with van der Waals surface area (Å²) in [7, 11) is -3.38. The topological polar surface area (TPSA) is 119 Å². The van der Waals surface area contributed by atoms with Gasteiger partial charge in [0.25, 0.3) is 5.82 Å². The summed E-state index contributed by atoms with van der Waals surface area (Å²) in [6.45, 7) is 0. The van der Waals surface area contributed by atoms with Crippen LogP contribution in [0.1, 0.15) is 5.89 Å². The fourth-order valence-corrected chi connectivity index (χ4v) is 5.01. The Balaban J connectivity index is 1.47. The molecule has 3 heterocycles. The first-order valence-electron chi connectivity index (χ1n) is 10.4. The molecule has 0 spiro atoms. The summed E-state index contributed by atoms with van der Waals surface area (Å²) in [5, 5.41) is 17.4. The van der Waals surface area contributed by atoms with Crippen LogP contribution in [0.4, 0.5) is 0 Å². The molecule has 3 aromatic heterocycles. The third-order valence-corrected chi connectivity index (χ3v) is 7.65. The summed E-state index contributed by atoms with van der Waals surface area (Å²) in [5.74, 6) is 1.67. The molecule has 13 heteroatoms. The van der Waals surface area contributed by atoms with Crippen molar-refractivity contribution in [2.24, 2.45) is 0 Å². The zero-order valence-corrected chi connectivity index (χ0v) is 21.7. The Morgan fingerprint density at radius 2 is 1.81 bits per heavy atom. The van der Waals surface area contributed by atoms with Crippen LogP contribution in [0.25, 0.3) is 28.7 Å². The van der Waals surface area contributed by atoms with E-state index in [9.17, 15) is 8.42 Å². The summed E-state index contributed by atoms with van der Waals surface area (Å²) in [6, 6.07) is 17.5. The maximum Gasteiger partial charge on any atom is 0.342 e. The van der Waals surface area contributed by atoms with Gasteiger partial charge < -0.3 is 4.42 Å². The van der Waals surface area contributed by atoms with Crippen LogP contribution in [-0.4, -0.2) is 40.1 Å². The van der Waals surface area contributed by atoms with Crippen molar-refractivity contribution in [3.8, 4) is 28.7 Å². The van der Waals surface area contributed by atoms with Crippen molar-refractivity contribution in [1.29, 1.82) is 0 Å². The van der Waals surface area contributed by atoms with Gasteiger partial charge in [0.2, 0.25) is 11.8 Å². The average Bonchev–Trinajstić information content (AvgIpc) is 3.50. The minimum atomic E-state index is -3.38. The third kappa shape index (κ3) is 5.14. The normalized spacial score (nSPS) is 11.6. The Bertz CT molecular complexity index is 1640. The lowest BCUT2D eigenvalue weighted by Crippen LogP contribution is -2.34. The lowest BCUT2D eigenvalue weighted by Gasteiger charge is -2.06. The van der Waals surface area contributed by atoms with Crippen molar-refractivity contribution >= 4 is 44.8 Å². The number of benzene rings is 2. The minimum absolute atomic E-state index is 0.123. The van der Waals surface area contributed by atoms with E-state index in [0.29, 0.717) is 49.9 Å². The first-order chi connectivity index (χ1) is 17.3. The fourth-order valence-electron chi connectivity index (χ4n) is 3.31. The van der Waals surface area contributed by atoms with E-state index in [2.05, 4.69) is 25.4 Å². The predicted octanol–water partition coefficient (Wildman–Crippen LogP) is 4.80. The summed E-state index contributed by atoms with van der Waals surface area (Å²) in [5.41, 5.74) is 1.93. The van der Waals surface area contributed by atoms with Gasteiger partial charge in [-0.1, -0.05) is 35.3 Å². The number of halogens is 2. The van der Waals surface area contributed by atoms with Crippen LogP contribution in [0.15, 0.2) is 81.3 Å². The first kappa shape index (κ1) is 24.4. The Hall–Kier alpha value is -3.25. The molecule has 2 aromatic carbocycles. The Morgan fingerprint density at radius 3 is 2.50 bits per heavy atom. The summed E-state index contributed by atoms with van der Waals surface area (Å²) < 4.78 is 31.3. The second-order valence-corrected chi connectivity index (χ2v) is 11.4. The molecule has 9 nitrogen and oxygen atoms in total. The molecule has 0 radical (unpaired) electrons. The largest absolute Gasteiger partial charge is 0.420 e. The number of aromatic nitrogens is 6. The van der Waals surface area contributed by atoms with Gasteiger partial charge in [0.05, 0.1) is 20.8 Å². The zero-order chi connectivity index (χ0) is 25.3. The van der Waals surface area contributed by atoms with Crippen LogP contribution in [0.5, 0.6) is 0 Å². The number of para-hydroxylation sites is 1. The number of aromatic amines is 1. The van der Waals surface area contributed by atoms with E-state index >= 15 is 0 Å². The molecule has 0 saturated carbocycles. The van der Waals surface area contributed by atoms with E-state index in [1.165, 1.54) is 24.0 Å². The minimum Gasteiger partial charge on any atom is -0.420 e. The van der Waals surface area contributed by atoms with Crippen LogP contribution < -0.4 is 4.57 Å². The molecule has 1 N–H and O–H groups in total. The molecular formula is C23H17Cl2N6O3S2+. The van der Waals surface area contributed by atoms with Crippen LogP contribution in [-0.2, 0) is 15.6 Å². The van der Waals surface area contributed by atoms with Gasteiger partial charge in [0.1, 0.15) is 11.4 Å². The maximum absolute atomic E-state index is 11.8. The lowest BCUT2D eigenvalue weighted by molar-refractivity contribution is -0.625. The Labute approximate surface area is 220 Å². The second kappa shape index (κ2) is 10.0. The molecule has 0 atom stereocenters. The van der Waals surface area contributed by atoms with E-state index in [1.807, 2.05) is 22.8 Å². The molecule has 36 heavy (non-hydrogen) atoms. The Kier molecular flexibility index (Phi) is 6.80. The number of hydrogen-bond acceptors (Lipinski definition) is 8. The van der Waals surface area contributed by atoms with Crippen molar-refractivity contribution in [1.82, 2.24) is 25.4 Å². The molecule has 0 unspecified atom stereocenters. The molecule has 0 aliphatic rings. The van der Waals surface area contributed by atoms with Crippen LogP contribution in [0.3, 0.4) is 0 Å². The number of thioether (sulfide) groups is 1. The van der Waals surface area contributed by atoms with Crippen molar-refractivity contribution in [2.75, 3.05) is 6.26 Å². The highest BCUT2D eigenvalue weighted by molar-refractivity contribution is 7.98. The van der Waals surface area contributed by atoms with Gasteiger partial charge in [-0.15, -0.1) is 15.3 Å². The van der Waals surface area contributed by atoms with Gasteiger partial charge in [-0.25, -0.2) is 13.4 Å². The molecule has 0 bridgehead atoms. The van der Waals surface area contributed by atoms with E-state index in [1.54, 1.807) is 36.4 Å². The van der Waals surface area contributed by atoms with Crippen molar-refractivity contribution in [3.63, 3.8) is 0 Å². The van der Waals surface area contributed by atoms with Gasteiger partial charge in [-0.05, 0) is 60.3 Å². The molecule has 5 rings (SSSR count). The number of pyridine rings is 1. The molecule has 182 valence electrons. The third-order valence-electron chi connectivity index (χ3n) is 5.06. The number of nitrogens with zero attached hydrogens (tertiary/aromatic N) is 5. The number of hydrogen-bond donors (Lipinski definition) is 1. The molecule has 0 amide bonds. The van der Waals surface area contributed by atoms with E-state index < -0.39 is 9.84 Å². The monoisotopic (exact) mass is 559 g/mol. The summed E-state index contributed by atoms with van der Waals surface area (Å²) in [4.78, 5) is 4.45. The van der Waals surface area contributed by atoms with Gasteiger partial charge in [0.15, 0.2) is 9.84 Å². The molecule has 0 aliphatic heterocycles. The fraction of sp³-hybridized carbons (Fsp3) is 0.0870. The van der Waals surface area contributed by atoms with Gasteiger partial charge >= 0.3 is 5.16 Å². The van der Waals surface area contributed by atoms with Crippen LogP contribution in [0.2, 0.25) is 10.0 Å². The lowest BCUT2D eigenvalue weighted by atomic mass is 10.2. The second-order valence-electron chi connectivity index (χ2n) is 7.59. The molecule has 0 aliphatic carbocycles. The smallest absolute Gasteiger partial charge is 0.342 e. The SMILES string of the molecule is CS(=O)(=O)c1ccc(-c2[nH]nc(SCc3nnc(-c4ccc(Cl)cc4)o3)[n+]2-c2ccccc2Cl)nc1. The molecule has 0 saturated heterocycles. The van der Waals surface area contributed by atoms with Crippen LogP contribution >= 0.6 is 35.0 Å². The highest BCUT2D eigenvalue weighted by Gasteiger charge is 2.27. The maximum atomic E-state index is 11.8. The van der Waals surface area contributed by atoms with E-state index in [-0.39, 0.29) is 4.90 Å². The Morgan fingerprint density at radius 1 is 1.03 bits per heavy atom. The van der Waals surface area contributed by atoms with E-state index in [0.717, 1.165) is 11.8 Å². The standard InChI is InChI=1S/C23H16Cl2N6O3S2/c1-36(32,33)16-10-11-18(26-12-16)21-28-30-23(31(21)19-5-3-2-4-17(19)25)35-13-20-27-29-22(34-20)14-6-8-15(24)9-7-14/h2-12H,13H2,1H3/p+1. The number of sulfone groups is 1. The van der Waals surface area contributed by atoms with Crippen molar-refractivity contribution in [2.45, 2.75) is 15.8 Å². The highest BCUT2D eigenvalue weighted by Crippen LogP contribution is 2.27. The van der Waals surface area contributed by atoms with Crippen molar-refractivity contribution < 1.29 is 17.4 Å². The number of rotatable bonds is 7. The first-order valence-corrected chi connectivity index (χ1v) is 14.1. The number of nitrogens with one attached hydrogen (secondary N) is 1. The summed E-state index contributed by atoms with van der Waals surface area (Å²) >= 11 is 13.8. The molecule has 0 fully saturated rings. The van der Waals surface area contributed by atoms with Gasteiger partial charge in [0, 0.05) is 23.0 Å². The van der Waals surface area contributed by atoms with Gasteiger partial charge in [-0.3, -0.25) is 0 Å². The van der Waals surface area contributed by atoms with Crippen LogP contribution in [0, 0.1) is 0 Å². The van der Waals surface area contributed by atoms with E-state index in [4.69, 9.17) is 27.6 Å². The zero-order valence-electron chi connectivity index (χ0n) is 18.6. The summed E-state index contributed by atoms with van der Waals surface area (Å²) in [6.07, 6.45) is 2.44. The highest BCUT2D eigenvalue weighted by atomic mass is 35.5.